The van der Waals surface area contributed by atoms with Crippen LogP contribution in [0.4, 0.5) is 0 Å². The van der Waals surface area contributed by atoms with Crippen LogP contribution in [0.5, 0.6) is 0 Å². The summed E-state index contributed by atoms with van der Waals surface area (Å²) in [7, 11) is 0. The highest BCUT2D eigenvalue weighted by atomic mass is 16.5. The van der Waals surface area contributed by atoms with Crippen molar-refractivity contribution in [2.24, 2.45) is 0 Å². The maximum atomic E-state index is 12.1. The van der Waals surface area contributed by atoms with Gasteiger partial charge in [0.25, 0.3) is 0 Å². The molecule has 1 amide bonds. The average molecular weight is 252 g/mol. The van der Waals surface area contributed by atoms with Gasteiger partial charge in [-0.3, -0.25) is 9.89 Å². The number of H-pyrrole nitrogens is 1. The Kier molecular flexibility index (Phi) is 4.33. The van der Waals surface area contributed by atoms with Gasteiger partial charge in [-0.1, -0.05) is 0 Å². The van der Waals surface area contributed by atoms with Gasteiger partial charge in [0.05, 0.1) is 25.5 Å². The van der Waals surface area contributed by atoms with Gasteiger partial charge in [0.1, 0.15) is 0 Å². The summed E-state index contributed by atoms with van der Waals surface area (Å²) < 4.78 is 5.24. The molecule has 1 saturated heterocycles. The van der Waals surface area contributed by atoms with E-state index in [1.54, 1.807) is 6.20 Å². The lowest BCUT2D eigenvalue weighted by Gasteiger charge is -2.29. The molecule has 100 valence electrons. The number of rotatable bonds is 4. The number of carbonyl (C=O) groups is 1. The number of nitrogens with one attached hydrogen (secondary N) is 2. The third-order valence-corrected chi connectivity index (χ3v) is 3.23. The summed E-state index contributed by atoms with van der Waals surface area (Å²) in [5.41, 5.74) is 2.13. The minimum atomic E-state index is -0.183. The summed E-state index contributed by atoms with van der Waals surface area (Å²) in [6, 6.07) is -0.183. The summed E-state index contributed by atoms with van der Waals surface area (Å²) in [6.45, 7) is 7.18. The molecule has 2 heterocycles. The first-order valence-corrected chi connectivity index (χ1v) is 6.27. The molecule has 0 bridgehead atoms. The molecule has 6 nitrogen and oxygen atoms in total. The first-order chi connectivity index (χ1) is 8.68. The van der Waals surface area contributed by atoms with Crippen molar-refractivity contribution in [1.29, 1.82) is 0 Å². The van der Waals surface area contributed by atoms with Gasteiger partial charge in [0.2, 0.25) is 5.91 Å². The van der Waals surface area contributed by atoms with E-state index in [0.717, 1.165) is 11.3 Å². The molecule has 0 aliphatic carbocycles. The molecule has 6 heteroatoms. The second-order valence-corrected chi connectivity index (χ2v) is 4.56. The van der Waals surface area contributed by atoms with E-state index in [9.17, 15) is 4.79 Å². The van der Waals surface area contributed by atoms with Gasteiger partial charge in [0, 0.05) is 30.9 Å². The van der Waals surface area contributed by atoms with Crippen LogP contribution in [0.15, 0.2) is 6.20 Å². The molecule has 1 aliphatic rings. The number of aryl methyl sites for hydroxylation is 1. The summed E-state index contributed by atoms with van der Waals surface area (Å²) in [5.74, 6) is 0.138. The Morgan fingerprint density at radius 2 is 2.33 bits per heavy atom. The molecule has 1 unspecified atom stereocenters. The van der Waals surface area contributed by atoms with E-state index in [0.29, 0.717) is 32.8 Å². The number of aromatic amines is 1. The number of nitrogens with zero attached hydrogens (tertiary/aromatic N) is 2. The first-order valence-electron chi connectivity index (χ1n) is 6.27. The van der Waals surface area contributed by atoms with Crippen molar-refractivity contribution in [1.82, 2.24) is 20.4 Å². The molecule has 0 aromatic carbocycles. The number of carbonyl (C=O) groups excluding carboxylic acids is 1. The zero-order valence-corrected chi connectivity index (χ0v) is 10.9. The Hall–Kier alpha value is -1.40. The topological polar surface area (TPSA) is 70.2 Å². The average Bonchev–Trinajstić information content (AvgIpc) is 2.81. The normalized spacial score (nSPS) is 17.8. The Labute approximate surface area is 107 Å². The van der Waals surface area contributed by atoms with E-state index < -0.39 is 0 Å². The molecule has 1 aromatic rings. The SMILES string of the molecule is Cc1[nH]ncc1CNC(C)C(=O)N1CCOCC1. The van der Waals surface area contributed by atoms with Gasteiger partial charge in [-0.05, 0) is 13.8 Å². The van der Waals surface area contributed by atoms with Crippen LogP contribution in [0.1, 0.15) is 18.2 Å². The van der Waals surface area contributed by atoms with E-state index in [1.165, 1.54) is 0 Å². The minimum absolute atomic E-state index is 0.138. The maximum Gasteiger partial charge on any atom is 0.239 e. The van der Waals surface area contributed by atoms with Gasteiger partial charge in [-0.25, -0.2) is 0 Å². The predicted molar refractivity (Wildman–Crippen MR) is 67.0 cm³/mol. The molecule has 0 saturated carbocycles. The van der Waals surface area contributed by atoms with Crippen LogP contribution < -0.4 is 5.32 Å². The predicted octanol–water partition coefficient (Wildman–Crippen LogP) is 0.0550. The van der Waals surface area contributed by atoms with Crippen LogP contribution in [0.25, 0.3) is 0 Å². The fraction of sp³-hybridized carbons (Fsp3) is 0.667. The number of amides is 1. The molecule has 2 rings (SSSR count). The van der Waals surface area contributed by atoms with Crippen molar-refractivity contribution < 1.29 is 9.53 Å². The molecule has 1 aromatic heterocycles. The van der Waals surface area contributed by atoms with Crippen molar-refractivity contribution in [2.45, 2.75) is 26.4 Å². The lowest BCUT2D eigenvalue weighted by atomic mass is 10.2. The van der Waals surface area contributed by atoms with Gasteiger partial charge in [-0.2, -0.15) is 5.10 Å². The largest absolute Gasteiger partial charge is 0.378 e. The highest BCUT2D eigenvalue weighted by Gasteiger charge is 2.22. The Morgan fingerprint density at radius 3 is 2.94 bits per heavy atom. The van der Waals surface area contributed by atoms with Gasteiger partial charge < -0.3 is 15.0 Å². The van der Waals surface area contributed by atoms with Gasteiger partial charge in [0.15, 0.2) is 0 Å². The fourth-order valence-electron chi connectivity index (χ4n) is 1.96. The molecule has 0 spiro atoms. The second-order valence-electron chi connectivity index (χ2n) is 4.56. The maximum absolute atomic E-state index is 12.1. The summed E-state index contributed by atoms with van der Waals surface area (Å²) in [4.78, 5) is 14.0. The molecule has 1 fully saturated rings. The summed E-state index contributed by atoms with van der Waals surface area (Å²) >= 11 is 0. The molecule has 2 N–H and O–H groups in total. The lowest BCUT2D eigenvalue weighted by Crippen LogP contribution is -2.49. The first kappa shape index (κ1) is 13.0. The van der Waals surface area contributed by atoms with Crippen LogP contribution in [0, 0.1) is 6.92 Å². The second kappa shape index (κ2) is 5.97. The van der Waals surface area contributed by atoms with Gasteiger partial charge >= 0.3 is 0 Å². The van der Waals surface area contributed by atoms with Crippen molar-refractivity contribution in [3.8, 4) is 0 Å². The van der Waals surface area contributed by atoms with Crippen LogP contribution in [0.3, 0.4) is 0 Å². The molecule has 0 radical (unpaired) electrons. The number of aromatic nitrogens is 2. The van der Waals surface area contributed by atoms with E-state index in [1.807, 2.05) is 18.7 Å². The third-order valence-electron chi connectivity index (χ3n) is 3.23. The number of morpholine rings is 1. The third kappa shape index (κ3) is 3.08. The summed E-state index contributed by atoms with van der Waals surface area (Å²) in [5, 5.41) is 10.1. The van der Waals surface area contributed by atoms with Gasteiger partial charge in [-0.15, -0.1) is 0 Å². The zero-order chi connectivity index (χ0) is 13.0. The molecule has 1 atom stereocenters. The number of hydrogen-bond acceptors (Lipinski definition) is 4. The van der Waals surface area contributed by atoms with E-state index >= 15 is 0 Å². The number of hydrogen-bond donors (Lipinski definition) is 2. The molecular weight excluding hydrogens is 232 g/mol. The smallest absolute Gasteiger partial charge is 0.239 e. The quantitative estimate of drug-likeness (QED) is 0.794. The molecule has 18 heavy (non-hydrogen) atoms. The molecular formula is C12H20N4O2. The number of ether oxygens (including phenoxy) is 1. The van der Waals surface area contributed by atoms with Crippen molar-refractivity contribution in [3.05, 3.63) is 17.5 Å². The molecule has 1 aliphatic heterocycles. The van der Waals surface area contributed by atoms with E-state index in [2.05, 4.69) is 15.5 Å². The summed E-state index contributed by atoms with van der Waals surface area (Å²) in [6.07, 6.45) is 1.79. The van der Waals surface area contributed by atoms with Crippen LogP contribution >= 0.6 is 0 Å². The van der Waals surface area contributed by atoms with E-state index in [-0.39, 0.29) is 11.9 Å². The van der Waals surface area contributed by atoms with Crippen LogP contribution in [-0.2, 0) is 16.1 Å². The minimum Gasteiger partial charge on any atom is -0.378 e. The lowest BCUT2D eigenvalue weighted by molar-refractivity contribution is -0.137. The Balaban J connectivity index is 1.82. The highest BCUT2D eigenvalue weighted by Crippen LogP contribution is 2.04. The van der Waals surface area contributed by atoms with E-state index in [4.69, 9.17) is 4.74 Å². The van der Waals surface area contributed by atoms with Crippen molar-refractivity contribution in [3.63, 3.8) is 0 Å². The standard InChI is InChI=1S/C12H20N4O2/c1-9-11(8-14-15-9)7-13-10(2)12(17)16-3-5-18-6-4-16/h8,10,13H,3-7H2,1-2H3,(H,14,15). The highest BCUT2D eigenvalue weighted by molar-refractivity contribution is 5.81. The Morgan fingerprint density at radius 1 is 1.61 bits per heavy atom. The monoisotopic (exact) mass is 252 g/mol. The van der Waals surface area contributed by atoms with Crippen LogP contribution in [0.2, 0.25) is 0 Å². The fourth-order valence-corrected chi connectivity index (χ4v) is 1.96. The van der Waals surface area contributed by atoms with Crippen LogP contribution in [-0.4, -0.2) is 53.3 Å². The zero-order valence-electron chi connectivity index (χ0n) is 10.9. The van der Waals surface area contributed by atoms with Crippen molar-refractivity contribution in [2.75, 3.05) is 26.3 Å². The van der Waals surface area contributed by atoms with Crippen molar-refractivity contribution >= 4 is 5.91 Å². The Bertz CT molecular complexity index is 399.